The lowest BCUT2D eigenvalue weighted by molar-refractivity contribution is -0.0660. The molecule has 92 valence electrons. The van der Waals surface area contributed by atoms with E-state index >= 15 is 0 Å². The van der Waals surface area contributed by atoms with Crippen molar-refractivity contribution in [2.75, 3.05) is 0 Å². The molecule has 1 rings (SSSR count). The molecule has 0 aromatic rings. The van der Waals surface area contributed by atoms with Crippen molar-refractivity contribution in [3.63, 3.8) is 0 Å². The normalized spacial score (nSPS) is 22.4. The molecule has 1 aliphatic rings. The smallest absolute Gasteiger partial charge is 0.0638 e. The minimum absolute atomic E-state index is 0.00118. The second-order valence-corrected chi connectivity index (χ2v) is 5.68. The van der Waals surface area contributed by atoms with Crippen LogP contribution in [0.15, 0.2) is 25.3 Å². The zero-order chi connectivity index (χ0) is 12.2. The van der Waals surface area contributed by atoms with E-state index in [4.69, 9.17) is 0 Å². The van der Waals surface area contributed by atoms with Crippen molar-refractivity contribution < 1.29 is 5.11 Å². The zero-order valence-corrected chi connectivity index (χ0v) is 10.8. The topological polar surface area (TPSA) is 20.2 Å². The average Bonchev–Trinajstić information content (AvgIpc) is 2.30. The van der Waals surface area contributed by atoms with Gasteiger partial charge in [0.25, 0.3) is 0 Å². The van der Waals surface area contributed by atoms with Gasteiger partial charge >= 0.3 is 0 Å². The summed E-state index contributed by atoms with van der Waals surface area (Å²) in [4.78, 5) is 0. The van der Waals surface area contributed by atoms with Gasteiger partial charge in [0.1, 0.15) is 0 Å². The molecule has 0 saturated heterocycles. The highest BCUT2D eigenvalue weighted by molar-refractivity contribution is 5.07. The lowest BCUT2D eigenvalue weighted by Crippen LogP contribution is -2.47. The van der Waals surface area contributed by atoms with E-state index in [1.807, 2.05) is 12.2 Å². The van der Waals surface area contributed by atoms with Crippen LogP contribution in [0.4, 0.5) is 0 Å². The first-order chi connectivity index (χ1) is 7.50. The summed E-state index contributed by atoms with van der Waals surface area (Å²) in [5.41, 5.74) is -0.00294. The Morgan fingerprint density at radius 2 is 1.81 bits per heavy atom. The first-order valence-electron chi connectivity index (χ1n) is 6.43. The number of hydrogen-bond acceptors (Lipinski definition) is 1. The van der Waals surface area contributed by atoms with Gasteiger partial charge in [-0.05, 0) is 24.7 Å². The molecule has 0 spiro atoms. The summed E-state index contributed by atoms with van der Waals surface area (Å²) in [5, 5.41) is 10.5. The molecule has 0 aromatic carbocycles. The fourth-order valence-electron chi connectivity index (χ4n) is 3.18. The van der Waals surface area contributed by atoms with Crippen LogP contribution in [-0.4, -0.2) is 11.2 Å². The predicted octanol–water partition coefficient (Wildman–Crippen LogP) is 4.09. The monoisotopic (exact) mass is 222 g/mol. The Bertz CT molecular complexity index is 246. The number of aliphatic hydroxyl groups is 1. The van der Waals surface area contributed by atoms with E-state index in [-0.39, 0.29) is 16.9 Å². The zero-order valence-electron chi connectivity index (χ0n) is 10.8. The molecule has 16 heavy (non-hydrogen) atoms. The van der Waals surface area contributed by atoms with Crippen LogP contribution in [0.25, 0.3) is 0 Å². The number of aliphatic hydroxyl groups excluding tert-OH is 1. The van der Waals surface area contributed by atoms with Gasteiger partial charge in [-0.2, -0.15) is 0 Å². The van der Waals surface area contributed by atoms with Crippen molar-refractivity contribution in [3.8, 4) is 0 Å². The molecule has 1 atom stereocenters. The Hall–Kier alpha value is -0.560. The molecule has 1 heteroatoms. The summed E-state index contributed by atoms with van der Waals surface area (Å²) in [5.74, 6) is 0. The van der Waals surface area contributed by atoms with E-state index in [1.54, 1.807) is 0 Å². The van der Waals surface area contributed by atoms with E-state index in [0.717, 1.165) is 12.8 Å². The maximum Gasteiger partial charge on any atom is 0.0638 e. The minimum atomic E-state index is -0.279. The van der Waals surface area contributed by atoms with Gasteiger partial charge in [-0.1, -0.05) is 45.3 Å². The van der Waals surface area contributed by atoms with E-state index < -0.39 is 0 Å². The fraction of sp³-hybridized carbons (Fsp3) is 0.733. The highest BCUT2D eigenvalue weighted by Gasteiger charge is 2.48. The van der Waals surface area contributed by atoms with Crippen molar-refractivity contribution in [2.45, 2.75) is 58.5 Å². The molecule has 1 unspecified atom stereocenters. The number of hydrogen-bond donors (Lipinski definition) is 1. The van der Waals surface area contributed by atoms with Gasteiger partial charge in [-0.15, -0.1) is 13.2 Å². The van der Waals surface area contributed by atoms with Crippen LogP contribution in [0.2, 0.25) is 0 Å². The number of rotatable bonds is 5. The third-order valence-electron chi connectivity index (χ3n) is 4.57. The molecule has 0 amide bonds. The highest BCUT2D eigenvalue weighted by atomic mass is 16.3. The third kappa shape index (κ3) is 2.24. The molecular formula is C15H26O. The molecular weight excluding hydrogens is 196 g/mol. The van der Waals surface area contributed by atoms with Crippen LogP contribution in [0, 0.1) is 10.8 Å². The first kappa shape index (κ1) is 13.5. The standard InChI is InChI=1S/C15H26O/c1-5-10-13(16)15(14(3,4)6-2)11-8-7-9-12-15/h5-6,13,16H,1-2,7-12H2,3-4H3. The Morgan fingerprint density at radius 1 is 1.25 bits per heavy atom. The van der Waals surface area contributed by atoms with Gasteiger partial charge in [-0.25, -0.2) is 0 Å². The summed E-state index contributed by atoms with van der Waals surface area (Å²) in [6.45, 7) is 12.1. The summed E-state index contributed by atoms with van der Waals surface area (Å²) in [6.07, 6.45) is 10.2. The number of allylic oxidation sites excluding steroid dienone is 1. The molecule has 1 N–H and O–H groups in total. The molecule has 0 aromatic heterocycles. The molecule has 1 aliphatic carbocycles. The quantitative estimate of drug-likeness (QED) is 0.695. The maximum atomic E-state index is 10.5. The molecule has 1 nitrogen and oxygen atoms in total. The minimum Gasteiger partial charge on any atom is -0.392 e. The lowest BCUT2D eigenvalue weighted by Gasteiger charge is -2.51. The molecule has 0 heterocycles. The van der Waals surface area contributed by atoms with E-state index in [9.17, 15) is 5.11 Å². The maximum absolute atomic E-state index is 10.5. The van der Waals surface area contributed by atoms with Crippen molar-refractivity contribution in [1.29, 1.82) is 0 Å². The first-order valence-corrected chi connectivity index (χ1v) is 6.43. The van der Waals surface area contributed by atoms with Gasteiger partial charge < -0.3 is 5.11 Å². The van der Waals surface area contributed by atoms with E-state index in [0.29, 0.717) is 6.42 Å². The van der Waals surface area contributed by atoms with Crippen LogP contribution in [0.3, 0.4) is 0 Å². The van der Waals surface area contributed by atoms with Crippen LogP contribution < -0.4 is 0 Å². The third-order valence-corrected chi connectivity index (χ3v) is 4.57. The largest absolute Gasteiger partial charge is 0.392 e. The second kappa shape index (κ2) is 5.18. The van der Waals surface area contributed by atoms with Crippen LogP contribution in [-0.2, 0) is 0 Å². The molecule has 0 aliphatic heterocycles. The lowest BCUT2D eigenvalue weighted by atomic mass is 9.55. The van der Waals surface area contributed by atoms with E-state index in [1.165, 1.54) is 19.3 Å². The molecule has 1 saturated carbocycles. The van der Waals surface area contributed by atoms with Gasteiger partial charge in [-0.3, -0.25) is 0 Å². The van der Waals surface area contributed by atoms with Crippen molar-refractivity contribution >= 4 is 0 Å². The summed E-state index contributed by atoms with van der Waals surface area (Å²) in [7, 11) is 0. The molecule has 0 bridgehead atoms. The summed E-state index contributed by atoms with van der Waals surface area (Å²) in [6, 6.07) is 0. The van der Waals surface area contributed by atoms with Crippen molar-refractivity contribution in [3.05, 3.63) is 25.3 Å². The summed E-state index contributed by atoms with van der Waals surface area (Å²) >= 11 is 0. The van der Waals surface area contributed by atoms with Gasteiger partial charge in [0, 0.05) is 5.41 Å². The Kier molecular flexibility index (Phi) is 4.37. The summed E-state index contributed by atoms with van der Waals surface area (Å²) < 4.78 is 0. The van der Waals surface area contributed by atoms with Crippen LogP contribution in [0.1, 0.15) is 52.4 Å². The molecule has 0 radical (unpaired) electrons. The van der Waals surface area contributed by atoms with Gasteiger partial charge in [0.2, 0.25) is 0 Å². The fourth-order valence-corrected chi connectivity index (χ4v) is 3.18. The Labute approximate surface area is 100 Å². The van der Waals surface area contributed by atoms with Gasteiger partial charge in [0.15, 0.2) is 0 Å². The predicted molar refractivity (Wildman–Crippen MR) is 70.3 cm³/mol. The highest BCUT2D eigenvalue weighted by Crippen LogP contribution is 2.53. The van der Waals surface area contributed by atoms with Gasteiger partial charge in [0.05, 0.1) is 6.10 Å². The van der Waals surface area contributed by atoms with Crippen molar-refractivity contribution in [1.82, 2.24) is 0 Å². The SMILES string of the molecule is C=CCC(O)C1(C(C)(C)C=C)CCCCC1. The second-order valence-electron chi connectivity index (χ2n) is 5.68. The Balaban J connectivity index is 2.99. The van der Waals surface area contributed by atoms with Crippen LogP contribution in [0.5, 0.6) is 0 Å². The van der Waals surface area contributed by atoms with Crippen molar-refractivity contribution in [2.24, 2.45) is 10.8 Å². The molecule has 1 fully saturated rings. The average molecular weight is 222 g/mol. The Morgan fingerprint density at radius 3 is 2.25 bits per heavy atom. The van der Waals surface area contributed by atoms with Crippen LogP contribution >= 0.6 is 0 Å². The van der Waals surface area contributed by atoms with E-state index in [2.05, 4.69) is 27.0 Å².